The van der Waals surface area contributed by atoms with Gasteiger partial charge in [0.15, 0.2) is 0 Å². The molecule has 4 nitrogen and oxygen atoms in total. The Hall–Kier alpha value is -0.880. The van der Waals surface area contributed by atoms with Crippen molar-refractivity contribution in [1.82, 2.24) is 0 Å². The first-order valence-corrected chi connectivity index (χ1v) is 6.90. The molecule has 1 aliphatic heterocycles. The van der Waals surface area contributed by atoms with E-state index < -0.39 is 16.8 Å². The molecule has 1 aliphatic rings. The van der Waals surface area contributed by atoms with Crippen molar-refractivity contribution in [2.45, 2.75) is 0 Å². The van der Waals surface area contributed by atoms with Gasteiger partial charge in [-0.2, -0.15) is 0 Å². The van der Waals surface area contributed by atoms with E-state index in [9.17, 15) is 9.00 Å². The van der Waals surface area contributed by atoms with Gasteiger partial charge in [0.2, 0.25) is 0 Å². The molecule has 0 radical (unpaired) electrons. The fraction of sp³-hybridized carbons (Fsp3) is 0.444. The fourth-order valence-electron chi connectivity index (χ4n) is 1.47. The zero-order valence-electron chi connectivity index (χ0n) is 8.01. The minimum atomic E-state index is -0.883. The smallest absolute Gasteiger partial charge is 0.345 e. The number of carbonyl (C=O) groups is 1. The van der Waals surface area contributed by atoms with Crippen molar-refractivity contribution in [2.75, 3.05) is 29.5 Å². The Labute approximate surface area is 94.0 Å². The van der Waals surface area contributed by atoms with Crippen LogP contribution in [0.3, 0.4) is 0 Å². The Bertz CT molecular complexity index is 392. The molecule has 82 valence electrons. The van der Waals surface area contributed by atoms with Gasteiger partial charge in [0.1, 0.15) is 4.88 Å². The molecular formula is C9H11NO3S2. The molecule has 6 heteroatoms. The molecule has 2 heterocycles. The van der Waals surface area contributed by atoms with Gasteiger partial charge >= 0.3 is 5.97 Å². The lowest BCUT2D eigenvalue weighted by Crippen LogP contribution is -2.37. The van der Waals surface area contributed by atoms with Crippen molar-refractivity contribution >= 4 is 33.1 Å². The molecule has 0 bridgehead atoms. The number of carboxylic acid groups (broad SMARTS) is 1. The molecule has 15 heavy (non-hydrogen) atoms. The quantitative estimate of drug-likeness (QED) is 0.845. The van der Waals surface area contributed by atoms with Crippen LogP contribution in [0.2, 0.25) is 0 Å². The Morgan fingerprint density at radius 1 is 1.40 bits per heavy atom. The number of rotatable bonds is 2. The first-order chi connectivity index (χ1) is 7.16. The van der Waals surface area contributed by atoms with Crippen LogP contribution >= 0.6 is 11.3 Å². The second-order valence-electron chi connectivity index (χ2n) is 3.28. The van der Waals surface area contributed by atoms with Gasteiger partial charge in [0.25, 0.3) is 0 Å². The minimum Gasteiger partial charge on any atom is -0.477 e. The van der Waals surface area contributed by atoms with Crippen LogP contribution < -0.4 is 4.90 Å². The van der Waals surface area contributed by atoms with Crippen LogP contribution in [-0.2, 0) is 10.8 Å². The third-order valence-corrected chi connectivity index (χ3v) is 4.70. The van der Waals surface area contributed by atoms with Gasteiger partial charge in [0.05, 0.1) is 5.00 Å². The van der Waals surface area contributed by atoms with Crippen molar-refractivity contribution in [2.24, 2.45) is 0 Å². The fourth-order valence-corrected chi connectivity index (χ4v) is 3.42. The molecule has 1 aromatic heterocycles. The van der Waals surface area contributed by atoms with E-state index in [-0.39, 0.29) is 0 Å². The lowest BCUT2D eigenvalue weighted by Gasteiger charge is -2.26. The van der Waals surface area contributed by atoms with Crippen LogP contribution in [0, 0.1) is 0 Å². The molecule has 0 aromatic carbocycles. The largest absolute Gasteiger partial charge is 0.477 e. The lowest BCUT2D eigenvalue weighted by molar-refractivity contribution is 0.0702. The molecule has 1 fully saturated rings. The predicted molar refractivity (Wildman–Crippen MR) is 61.4 cm³/mol. The monoisotopic (exact) mass is 245 g/mol. The van der Waals surface area contributed by atoms with Crippen molar-refractivity contribution in [1.29, 1.82) is 0 Å². The molecule has 0 atom stereocenters. The highest BCUT2D eigenvalue weighted by molar-refractivity contribution is 7.85. The summed E-state index contributed by atoms with van der Waals surface area (Å²) in [6.45, 7) is 1.51. The van der Waals surface area contributed by atoms with Gasteiger partial charge < -0.3 is 10.0 Å². The molecule has 0 saturated carbocycles. The lowest BCUT2D eigenvalue weighted by atomic mass is 10.4. The van der Waals surface area contributed by atoms with Gasteiger partial charge in [-0.05, 0) is 12.1 Å². The number of anilines is 1. The summed E-state index contributed by atoms with van der Waals surface area (Å²) < 4.78 is 11.1. The summed E-state index contributed by atoms with van der Waals surface area (Å²) >= 11 is 1.28. The average molecular weight is 245 g/mol. The first-order valence-electron chi connectivity index (χ1n) is 4.60. The molecule has 0 amide bonds. The third-order valence-electron chi connectivity index (χ3n) is 2.29. The highest BCUT2D eigenvalue weighted by Crippen LogP contribution is 2.26. The van der Waals surface area contributed by atoms with Gasteiger partial charge in [0, 0.05) is 35.4 Å². The summed E-state index contributed by atoms with van der Waals surface area (Å²) in [4.78, 5) is 13.1. The number of hydrogen-bond acceptors (Lipinski definition) is 4. The normalized spacial score (nSPS) is 18.0. The molecule has 1 saturated heterocycles. The van der Waals surface area contributed by atoms with Crippen molar-refractivity contribution in [3.63, 3.8) is 0 Å². The van der Waals surface area contributed by atoms with Crippen LogP contribution in [0.1, 0.15) is 9.67 Å². The van der Waals surface area contributed by atoms with Gasteiger partial charge in [-0.15, -0.1) is 11.3 Å². The maximum absolute atomic E-state index is 11.1. The van der Waals surface area contributed by atoms with Gasteiger partial charge in [-0.25, -0.2) is 4.79 Å². The van der Waals surface area contributed by atoms with E-state index in [1.807, 2.05) is 6.07 Å². The number of carboxylic acids is 1. The Balaban J connectivity index is 2.09. The molecule has 1 N–H and O–H groups in total. The van der Waals surface area contributed by atoms with Crippen molar-refractivity contribution < 1.29 is 14.1 Å². The SMILES string of the molecule is O=C(O)c1ccc(N2CCS(=O)CC2)s1. The average Bonchev–Trinajstić information content (AvgIpc) is 2.68. The van der Waals surface area contributed by atoms with Crippen molar-refractivity contribution in [3.8, 4) is 0 Å². The van der Waals surface area contributed by atoms with Crippen molar-refractivity contribution in [3.05, 3.63) is 17.0 Å². The van der Waals surface area contributed by atoms with E-state index >= 15 is 0 Å². The van der Waals surface area contributed by atoms with E-state index in [1.165, 1.54) is 11.3 Å². The zero-order valence-corrected chi connectivity index (χ0v) is 9.64. The first kappa shape index (κ1) is 10.6. The highest BCUT2D eigenvalue weighted by Gasteiger charge is 2.18. The second kappa shape index (κ2) is 4.32. The van der Waals surface area contributed by atoms with Crippen LogP contribution in [0.5, 0.6) is 0 Å². The van der Waals surface area contributed by atoms with Gasteiger partial charge in [-0.3, -0.25) is 4.21 Å². The number of hydrogen-bond donors (Lipinski definition) is 1. The summed E-state index contributed by atoms with van der Waals surface area (Å²) in [7, 11) is -0.690. The Morgan fingerprint density at radius 3 is 2.60 bits per heavy atom. The summed E-state index contributed by atoms with van der Waals surface area (Å²) in [6.07, 6.45) is 0. The molecular weight excluding hydrogens is 234 g/mol. The second-order valence-corrected chi connectivity index (χ2v) is 6.04. The molecule has 0 unspecified atom stereocenters. The third kappa shape index (κ3) is 2.38. The number of thiophene rings is 1. The molecule has 0 spiro atoms. The standard InChI is InChI=1S/C9H11NO3S2/c11-9(12)7-1-2-8(14-7)10-3-5-15(13)6-4-10/h1-2H,3-6H2,(H,11,12). The van der Waals surface area contributed by atoms with Crippen LogP contribution in [0.15, 0.2) is 12.1 Å². The molecule has 2 rings (SSSR count). The minimum absolute atomic E-state index is 0.358. The highest BCUT2D eigenvalue weighted by atomic mass is 32.2. The maximum Gasteiger partial charge on any atom is 0.345 e. The summed E-state index contributed by atoms with van der Waals surface area (Å²) in [5.74, 6) is 0.479. The van der Waals surface area contributed by atoms with E-state index in [2.05, 4.69) is 4.90 Å². The summed E-state index contributed by atoms with van der Waals surface area (Å²) in [5, 5.41) is 9.74. The summed E-state index contributed by atoms with van der Waals surface area (Å²) in [5.41, 5.74) is 0. The van der Waals surface area contributed by atoms with E-state index in [0.29, 0.717) is 16.4 Å². The Morgan fingerprint density at radius 2 is 2.07 bits per heavy atom. The Kier molecular flexibility index (Phi) is 3.06. The summed E-state index contributed by atoms with van der Waals surface area (Å²) in [6, 6.07) is 3.44. The van der Waals surface area contributed by atoms with Gasteiger partial charge in [-0.1, -0.05) is 0 Å². The zero-order chi connectivity index (χ0) is 10.8. The van der Waals surface area contributed by atoms with E-state index in [4.69, 9.17) is 5.11 Å². The predicted octanol–water partition coefficient (Wildman–Crippen LogP) is 1.01. The van der Waals surface area contributed by atoms with E-state index in [0.717, 1.165) is 18.1 Å². The van der Waals surface area contributed by atoms with Crippen LogP contribution in [0.4, 0.5) is 5.00 Å². The van der Waals surface area contributed by atoms with E-state index in [1.54, 1.807) is 6.07 Å². The maximum atomic E-state index is 11.1. The topological polar surface area (TPSA) is 57.6 Å². The number of nitrogens with zero attached hydrogens (tertiary/aromatic N) is 1. The molecule has 1 aromatic rings. The molecule has 0 aliphatic carbocycles. The number of aromatic carboxylic acids is 1. The van der Waals surface area contributed by atoms with Crippen LogP contribution in [0.25, 0.3) is 0 Å². The van der Waals surface area contributed by atoms with Crippen LogP contribution in [-0.4, -0.2) is 39.9 Å².